The third-order valence-corrected chi connectivity index (χ3v) is 6.50. The van der Waals surface area contributed by atoms with E-state index in [1.165, 1.54) is 5.56 Å². The first-order valence-electron chi connectivity index (χ1n) is 11.3. The van der Waals surface area contributed by atoms with Crippen LogP contribution in [0, 0.1) is 6.92 Å². The Kier molecular flexibility index (Phi) is 5.86. The Morgan fingerprint density at radius 1 is 1.27 bits per heavy atom. The second-order valence-electron chi connectivity index (χ2n) is 8.78. The third kappa shape index (κ3) is 4.36. The number of aryl methyl sites for hydroxylation is 1. The first kappa shape index (κ1) is 21.6. The summed E-state index contributed by atoms with van der Waals surface area (Å²) in [4.78, 5) is 13.2. The molecule has 0 bridgehead atoms. The van der Waals surface area contributed by atoms with Crippen molar-refractivity contribution in [3.8, 4) is 17.0 Å². The fourth-order valence-electron chi connectivity index (χ4n) is 4.58. The highest BCUT2D eigenvalue weighted by atomic mass is 16.5. The molecule has 1 saturated heterocycles. The number of hydrogen-bond donors (Lipinski definition) is 2. The molecule has 1 amide bonds. The molecule has 1 fully saturated rings. The highest BCUT2D eigenvalue weighted by Crippen LogP contribution is 2.35. The minimum absolute atomic E-state index is 0.210. The van der Waals surface area contributed by atoms with E-state index in [-0.39, 0.29) is 18.6 Å². The average Bonchev–Trinajstić information content (AvgIpc) is 3.47. The SMILES string of the molecule is Cc1c(Cc2ccc(-c3cn(C)nn3)cc2)cc(C(=O)N[C@H]2CCOC[C@@H]2O)c2c1CCO2. The van der Waals surface area contributed by atoms with Crippen molar-refractivity contribution in [1.29, 1.82) is 0 Å². The largest absolute Gasteiger partial charge is 0.492 e. The molecule has 8 nitrogen and oxygen atoms in total. The molecule has 2 atom stereocenters. The van der Waals surface area contributed by atoms with Crippen molar-refractivity contribution >= 4 is 5.91 Å². The van der Waals surface area contributed by atoms with Gasteiger partial charge in [0, 0.05) is 31.2 Å². The fourth-order valence-corrected chi connectivity index (χ4v) is 4.58. The number of carbonyl (C=O) groups is 1. The first-order chi connectivity index (χ1) is 16.0. The molecule has 5 rings (SSSR count). The van der Waals surface area contributed by atoms with E-state index in [1.807, 2.05) is 31.4 Å². The molecule has 8 heteroatoms. The van der Waals surface area contributed by atoms with Crippen LogP contribution in [0.1, 0.15) is 39.0 Å². The van der Waals surface area contributed by atoms with Crippen molar-refractivity contribution in [2.24, 2.45) is 7.05 Å². The number of aliphatic hydroxyl groups is 1. The van der Waals surface area contributed by atoms with Gasteiger partial charge in [0.15, 0.2) is 0 Å². The van der Waals surface area contributed by atoms with Gasteiger partial charge in [-0.25, -0.2) is 0 Å². The quantitative estimate of drug-likeness (QED) is 0.621. The van der Waals surface area contributed by atoms with Gasteiger partial charge >= 0.3 is 0 Å². The van der Waals surface area contributed by atoms with Gasteiger partial charge in [-0.3, -0.25) is 9.48 Å². The van der Waals surface area contributed by atoms with Crippen LogP contribution in [0.5, 0.6) is 5.75 Å². The van der Waals surface area contributed by atoms with Gasteiger partial charge in [-0.1, -0.05) is 29.5 Å². The maximum absolute atomic E-state index is 13.2. The van der Waals surface area contributed by atoms with Crippen LogP contribution in [0.15, 0.2) is 36.5 Å². The van der Waals surface area contributed by atoms with Gasteiger partial charge in [0.2, 0.25) is 0 Å². The second kappa shape index (κ2) is 8.96. The standard InChI is InChI=1S/C25H28N4O4/c1-15-18(11-16-3-5-17(6-4-16)22-13-29(2)28-27-22)12-20(24-19(15)7-10-33-24)25(31)26-21-8-9-32-14-23(21)30/h3-6,12-13,21,23,30H,7-11,14H2,1-2H3,(H,26,31)/t21-,23-/m0/s1. The number of fused-ring (bicyclic) bond motifs is 1. The summed E-state index contributed by atoms with van der Waals surface area (Å²) in [5.41, 5.74) is 6.91. The van der Waals surface area contributed by atoms with Gasteiger partial charge in [0.25, 0.3) is 5.91 Å². The molecule has 172 valence electrons. The predicted octanol–water partition coefficient (Wildman–Crippen LogP) is 2.20. The van der Waals surface area contributed by atoms with Crippen LogP contribution in [-0.4, -0.2) is 58.0 Å². The Balaban J connectivity index is 1.40. The molecule has 0 spiro atoms. The summed E-state index contributed by atoms with van der Waals surface area (Å²) in [5.74, 6) is 0.464. The molecule has 33 heavy (non-hydrogen) atoms. The molecule has 3 heterocycles. The number of nitrogens with one attached hydrogen (secondary N) is 1. The van der Waals surface area contributed by atoms with Crippen LogP contribution < -0.4 is 10.1 Å². The van der Waals surface area contributed by atoms with Crippen LogP contribution >= 0.6 is 0 Å². The zero-order valence-electron chi connectivity index (χ0n) is 18.9. The third-order valence-electron chi connectivity index (χ3n) is 6.50. The lowest BCUT2D eigenvalue weighted by atomic mass is 9.92. The van der Waals surface area contributed by atoms with Gasteiger partial charge in [-0.2, -0.15) is 0 Å². The summed E-state index contributed by atoms with van der Waals surface area (Å²) in [6, 6.07) is 9.89. The minimum atomic E-state index is -0.700. The Morgan fingerprint density at radius 2 is 2.09 bits per heavy atom. The summed E-state index contributed by atoms with van der Waals surface area (Å²) >= 11 is 0. The molecule has 2 aromatic carbocycles. The highest BCUT2D eigenvalue weighted by Gasteiger charge is 2.29. The summed E-state index contributed by atoms with van der Waals surface area (Å²) in [6.45, 7) is 3.44. The summed E-state index contributed by atoms with van der Waals surface area (Å²) in [7, 11) is 1.85. The molecular weight excluding hydrogens is 420 g/mol. The number of amides is 1. The van der Waals surface area contributed by atoms with Crippen molar-refractivity contribution in [2.75, 3.05) is 19.8 Å². The Hall–Kier alpha value is -3.23. The van der Waals surface area contributed by atoms with E-state index >= 15 is 0 Å². The molecule has 2 aliphatic rings. The summed E-state index contributed by atoms with van der Waals surface area (Å²) in [6.07, 6.45) is 3.28. The Labute approximate surface area is 192 Å². The number of carbonyl (C=O) groups excluding carboxylic acids is 1. The molecule has 3 aromatic rings. The molecular formula is C25H28N4O4. The van der Waals surface area contributed by atoms with Gasteiger partial charge in [0.1, 0.15) is 11.4 Å². The van der Waals surface area contributed by atoms with Crippen LogP contribution in [0.25, 0.3) is 11.3 Å². The highest BCUT2D eigenvalue weighted by molar-refractivity contribution is 5.98. The van der Waals surface area contributed by atoms with E-state index in [9.17, 15) is 9.90 Å². The molecule has 0 saturated carbocycles. The van der Waals surface area contributed by atoms with Crippen molar-refractivity contribution in [1.82, 2.24) is 20.3 Å². The monoisotopic (exact) mass is 448 g/mol. The van der Waals surface area contributed by atoms with Crippen LogP contribution in [-0.2, 0) is 24.6 Å². The first-order valence-corrected chi connectivity index (χ1v) is 11.3. The van der Waals surface area contributed by atoms with E-state index < -0.39 is 6.10 Å². The number of nitrogens with zero attached hydrogens (tertiary/aromatic N) is 3. The zero-order chi connectivity index (χ0) is 22.9. The number of rotatable bonds is 5. The Bertz CT molecular complexity index is 1170. The van der Waals surface area contributed by atoms with Crippen molar-refractivity contribution in [2.45, 2.75) is 38.3 Å². The van der Waals surface area contributed by atoms with E-state index in [0.717, 1.165) is 34.4 Å². The molecule has 0 radical (unpaired) electrons. The maximum Gasteiger partial charge on any atom is 0.255 e. The van der Waals surface area contributed by atoms with Crippen molar-refractivity contribution < 1.29 is 19.4 Å². The van der Waals surface area contributed by atoms with Crippen LogP contribution in [0.4, 0.5) is 0 Å². The minimum Gasteiger partial charge on any atom is -0.492 e. The van der Waals surface area contributed by atoms with Crippen molar-refractivity contribution in [3.63, 3.8) is 0 Å². The number of aromatic nitrogens is 3. The van der Waals surface area contributed by atoms with Gasteiger partial charge in [-0.05, 0) is 42.5 Å². The lowest BCUT2D eigenvalue weighted by Gasteiger charge is -2.28. The summed E-state index contributed by atoms with van der Waals surface area (Å²) < 4.78 is 12.8. The number of aliphatic hydroxyl groups excluding tert-OH is 1. The smallest absolute Gasteiger partial charge is 0.255 e. The Morgan fingerprint density at radius 3 is 2.82 bits per heavy atom. The molecule has 0 unspecified atom stereocenters. The second-order valence-corrected chi connectivity index (χ2v) is 8.78. The number of ether oxygens (including phenoxy) is 2. The summed E-state index contributed by atoms with van der Waals surface area (Å²) in [5, 5.41) is 21.3. The van der Waals surface area contributed by atoms with Crippen LogP contribution in [0.3, 0.4) is 0 Å². The number of hydrogen-bond acceptors (Lipinski definition) is 6. The average molecular weight is 449 g/mol. The van der Waals surface area contributed by atoms with E-state index in [1.54, 1.807) is 4.68 Å². The number of benzene rings is 2. The molecule has 2 aliphatic heterocycles. The molecule has 1 aromatic heterocycles. The normalized spacial score (nSPS) is 19.7. The lowest BCUT2D eigenvalue weighted by Crippen LogP contribution is -2.48. The predicted molar refractivity (Wildman–Crippen MR) is 122 cm³/mol. The lowest BCUT2D eigenvalue weighted by molar-refractivity contribution is -0.0261. The molecule has 2 N–H and O–H groups in total. The van der Waals surface area contributed by atoms with Gasteiger partial charge in [-0.15, -0.1) is 5.10 Å². The molecule has 0 aliphatic carbocycles. The van der Waals surface area contributed by atoms with Crippen molar-refractivity contribution in [3.05, 3.63) is 64.3 Å². The van der Waals surface area contributed by atoms with Gasteiger partial charge < -0.3 is 19.9 Å². The topological polar surface area (TPSA) is 98.5 Å². The van der Waals surface area contributed by atoms with E-state index in [0.29, 0.717) is 37.4 Å². The fraction of sp³-hybridized carbons (Fsp3) is 0.400. The van der Waals surface area contributed by atoms with E-state index in [2.05, 4.69) is 34.7 Å². The maximum atomic E-state index is 13.2. The van der Waals surface area contributed by atoms with Crippen LogP contribution in [0.2, 0.25) is 0 Å². The van der Waals surface area contributed by atoms with E-state index in [4.69, 9.17) is 9.47 Å². The zero-order valence-corrected chi connectivity index (χ0v) is 18.9. The van der Waals surface area contributed by atoms with Gasteiger partial charge in [0.05, 0.1) is 37.1 Å².